The van der Waals surface area contributed by atoms with Crippen LogP contribution in [0.15, 0.2) is 75.8 Å². The van der Waals surface area contributed by atoms with Crippen LogP contribution in [0.1, 0.15) is 21.5 Å². The summed E-state index contributed by atoms with van der Waals surface area (Å²) < 4.78 is 102. The first kappa shape index (κ1) is 24.1. The molecule has 0 atom stereocenters. The maximum atomic E-state index is 13.7. The maximum absolute atomic E-state index is 13.7. The average Bonchev–Trinajstić information content (AvgIpc) is 2.72. The molecule has 0 aromatic heterocycles. The van der Waals surface area contributed by atoms with Gasteiger partial charge in [-0.3, -0.25) is 9.35 Å². The van der Waals surface area contributed by atoms with E-state index in [1.807, 2.05) is 0 Å². The smallest absolute Gasteiger partial charge is 0.282 e. The van der Waals surface area contributed by atoms with Crippen molar-refractivity contribution in [3.63, 3.8) is 0 Å². The van der Waals surface area contributed by atoms with Crippen LogP contribution in [-0.2, 0) is 22.8 Å². The predicted octanol–water partition coefficient (Wildman–Crippen LogP) is 5.69. The van der Waals surface area contributed by atoms with E-state index in [4.69, 9.17) is 0 Å². The zero-order chi connectivity index (χ0) is 24.4. The van der Waals surface area contributed by atoms with Crippen LogP contribution in [0.4, 0.5) is 22.0 Å². The summed E-state index contributed by atoms with van der Waals surface area (Å²) in [5.41, 5.74) is -3.53. The molecule has 0 aliphatic heterocycles. The monoisotopic (exact) mass is 484 g/mol. The summed E-state index contributed by atoms with van der Waals surface area (Å²) in [6.45, 7) is -0.926. The molecule has 0 saturated carbocycles. The van der Waals surface area contributed by atoms with E-state index < -0.39 is 67.5 Å². The lowest BCUT2D eigenvalue weighted by Crippen LogP contribution is -2.13. The van der Waals surface area contributed by atoms with Crippen LogP contribution in [0.25, 0.3) is 11.1 Å². The summed E-state index contributed by atoms with van der Waals surface area (Å²) in [4.78, 5) is 11.2. The summed E-state index contributed by atoms with van der Waals surface area (Å²) in [7, 11) is -5.02. The number of azo groups is 1. The lowest BCUT2D eigenvalue weighted by atomic mass is 9.94. The molecular formula is C21H13F5N2O4S. The fourth-order valence-corrected chi connectivity index (χ4v) is 3.84. The van der Waals surface area contributed by atoms with Crippen LogP contribution < -0.4 is 0 Å². The van der Waals surface area contributed by atoms with Crippen molar-refractivity contribution >= 4 is 16.0 Å². The third-order valence-corrected chi connectivity index (χ3v) is 5.42. The molecular weight excluding hydrogens is 471 g/mol. The molecule has 3 rings (SSSR count). The standard InChI is InChI=1S/C21H13F5N2O4S/c22-15-7-4-8-16(23)19(15)20(29)28-27-11-13-17(33(30,31)32)10-9-14(21(24,25)26)18(13)12-5-2-1-3-6-12/h1-10H,11H2,(H,30,31,32). The number of carbonyl (C=O) groups excluding carboxylic acids is 1. The molecule has 1 amide bonds. The summed E-state index contributed by atoms with van der Waals surface area (Å²) >= 11 is 0. The van der Waals surface area contributed by atoms with Gasteiger partial charge in [0.05, 0.1) is 17.0 Å². The van der Waals surface area contributed by atoms with Crippen LogP contribution in [0, 0.1) is 11.6 Å². The first-order chi connectivity index (χ1) is 15.4. The van der Waals surface area contributed by atoms with Crippen LogP contribution in [0.5, 0.6) is 0 Å². The molecule has 12 heteroatoms. The first-order valence-corrected chi connectivity index (χ1v) is 10.5. The van der Waals surface area contributed by atoms with Crippen molar-refractivity contribution < 1.29 is 39.7 Å². The third kappa shape index (κ3) is 5.29. The minimum absolute atomic E-state index is 0.0491. The highest BCUT2D eigenvalue weighted by molar-refractivity contribution is 7.85. The molecule has 3 aromatic carbocycles. The van der Waals surface area contributed by atoms with Gasteiger partial charge >= 0.3 is 12.1 Å². The van der Waals surface area contributed by atoms with Crippen molar-refractivity contribution in [3.8, 4) is 11.1 Å². The topological polar surface area (TPSA) is 96.2 Å². The average molecular weight is 484 g/mol. The van der Waals surface area contributed by atoms with Gasteiger partial charge in [0.15, 0.2) is 0 Å². The second-order valence-corrected chi connectivity index (χ2v) is 7.99. The molecule has 0 bridgehead atoms. The van der Waals surface area contributed by atoms with Crippen molar-refractivity contribution in [2.75, 3.05) is 0 Å². The summed E-state index contributed by atoms with van der Waals surface area (Å²) in [6, 6.07) is 10.5. The van der Waals surface area contributed by atoms with E-state index in [0.717, 1.165) is 18.2 Å². The molecule has 0 unspecified atom stereocenters. The zero-order valence-electron chi connectivity index (χ0n) is 16.3. The molecule has 0 radical (unpaired) electrons. The maximum Gasteiger partial charge on any atom is 0.417 e. The fourth-order valence-electron chi connectivity index (χ4n) is 3.12. The molecule has 33 heavy (non-hydrogen) atoms. The van der Waals surface area contributed by atoms with Crippen LogP contribution in [-0.4, -0.2) is 18.9 Å². The fraction of sp³-hybridized carbons (Fsp3) is 0.0952. The van der Waals surface area contributed by atoms with Crippen LogP contribution in [0.3, 0.4) is 0 Å². The van der Waals surface area contributed by atoms with E-state index in [0.29, 0.717) is 12.1 Å². The number of hydrogen-bond donors (Lipinski definition) is 1. The number of rotatable bonds is 5. The molecule has 172 valence electrons. The van der Waals surface area contributed by atoms with Crippen LogP contribution >= 0.6 is 0 Å². The van der Waals surface area contributed by atoms with Gasteiger partial charge in [-0.25, -0.2) is 8.78 Å². The Hall–Kier alpha value is -3.51. The number of benzene rings is 3. The van der Waals surface area contributed by atoms with Crippen molar-refractivity contribution in [3.05, 3.63) is 89.0 Å². The van der Waals surface area contributed by atoms with Gasteiger partial charge in [-0.1, -0.05) is 36.4 Å². The van der Waals surface area contributed by atoms with E-state index in [2.05, 4.69) is 10.2 Å². The number of nitrogens with zero attached hydrogens (tertiary/aromatic N) is 2. The minimum Gasteiger partial charge on any atom is -0.282 e. The summed E-state index contributed by atoms with van der Waals surface area (Å²) in [6.07, 6.45) is -4.92. The molecule has 0 aliphatic rings. The lowest BCUT2D eigenvalue weighted by Gasteiger charge is -2.18. The van der Waals surface area contributed by atoms with Crippen molar-refractivity contribution in [2.45, 2.75) is 17.6 Å². The van der Waals surface area contributed by atoms with Crippen molar-refractivity contribution in [2.24, 2.45) is 10.2 Å². The Balaban J connectivity index is 2.17. The van der Waals surface area contributed by atoms with E-state index in [9.17, 15) is 39.7 Å². The van der Waals surface area contributed by atoms with Crippen LogP contribution in [0.2, 0.25) is 0 Å². The normalized spacial score (nSPS) is 12.3. The zero-order valence-corrected chi connectivity index (χ0v) is 17.2. The third-order valence-electron chi connectivity index (χ3n) is 4.48. The van der Waals surface area contributed by atoms with Gasteiger partial charge < -0.3 is 0 Å². The molecule has 0 aliphatic carbocycles. The van der Waals surface area contributed by atoms with Gasteiger partial charge in [0.2, 0.25) is 0 Å². The Bertz CT molecular complexity index is 1320. The molecule has 3 aromatic rings. The molecule has 0 heterocycles. The second kappa shape index (κ2) is 9.16. The van der Waals surface area contributed by atoms with Gasteiger partial charge in [0.25, 0.3) is 10.1 Å². The highest BCUT2D eigenvalue weighted by atomic mass is 32.2. The van der Waals surface area contributed by atoms with E-state index in [-0.39, 0.29) is 5.56 Å². The minimum atomic E-state index is -5.02. The van der Waals surface area contributed by atoms with Crippen molar-refractivity contribution in [1.82, 2.24) is 0 Å². The molecule has 6 nitrogen and oxygen atoms in total. The SMILES string of the molecule is O=C(N=NCc1c(S(=O)(=O)O)ccc(C(F)(F)F)c1-c1ccccc1)c1c(F)cccc1F. The number of halogens is 5. The largest absolute Gasteiger partial charge is 0.417 e. The Morgan fingerprint density at radius 3 is 2.06 bits per heavy atom. The first-order valence-electron chi connectivity index (χ1n) is 9.03. The Morgan fingerprint density at radius 2 is 1.52 bits per heavy atom. The van der Waals surface area contributed by atoms with Gasteiger partial charge in [0, 0.05) is 11.1 Å². The number of hydrogen-bond acceptors (Lipinski definition) is 4. The number of alkyl halides is 3. The Labute approximate surface area is 184 Å². The highest BCUT2D eigenvalue weighted by Crippen LogP contribution is 2.41. The molecule has 1 N–H and O–H groups in total. The quantitative estimate of drug-likeness (QED) is 0.286. The Kier molecular flexibility index (Phi) is 6.70. The second-order valence-electron chi connectivity index (χ2n) is 6.61. The molecule has 0 fully saturated rings. The summed E-state index contributed by atoms with van der Waals surface area (Å²) in [5, 5.41) is 6.49. The van der Waals surface area contributed by atoms with E-state index in [1.54, 1.807) is 0 Å². The van der Waals surface area contributed by atoms with Gasteiger partial charge in [-0.2, -0.15) is 26.7 Å². The summed E-state index contributed by atoms with van der Waals surface area (Å²) in [5.74, 6) is -3.93. The Morgan fingerprint density at radius 1 is 0.909 bits per heavy atom. The van der Waals surface area contributed by atoms with Gasteiger partial charge in [0.1, 0.15) is 17.2 Å². The number of carbonyl (C=O) groups is 1. The highest BCUT2D eigenvalue weighted by Gasteiger charge is 2.36. The number of amides is 1. The van der Waals surface area contributed by atoms with Gasteiger partial charge in [-0.05, 0) is 29.8 Å². The van der Waals surface area contributed by atoms with Gasteiger partial charge in [-0.15, -0.1) is 5.11 Å². The molecule has 0 saturated heterocycles. The molecule has 0 spiro atoms. The van der Waals surface area contributed by atoms with E-state index >= 15 is 0 Å². The predicted molar refractivity (Wildman–Crippen MR) is 106 cm³/mol. The van der Waals surface area contributed by atoms with Crippen molar-refractivity contribution in [1.29, 1.82) is 0 Å². The van der Waals surface area contributed by atoms with E-state index in [1.165, 1.54) is 30.3 Å². The lowest BCUT2D eigenvalue weighted by molar-refractivity contribution is -0.137.